The van der Waals surface area contributed by atoms with Crippen LogP contribution in [0.2, 0.25) is 0 Å². The lowest BCUT2D eigenvalue weighted by atomic mass is 9.96. The summed E-state index contributed by atoms with van der Waals surface area (Å²) in [5.74, 6) is 0.846. The van der Waals surface area contributed by atoms with E-state index in [2.05, 4.69) is 75.0 Å². The van der Waals surface area contributed by atoms with Gasteiger partial charge in [0.2, 0.25) is 0 Å². The number of benzene rings is 1. The van der Waals surface area contributed by atoms with Crippen LogP contribution in [0.15, 0.2) is 79.3 Å². The highest BCUT2D eigenvalue weighted by molar-refractivity contribution is 7.80. The number of thiocarbonyl (C=S) groups is 1. The zero-order valence-corrected chi connectivity index (χ0v) is 21.0. The first-order valence-electron chi connectivity index (χ1n) is 11.7. The summed E-state index contributed by atoms with van der Waals surface area (Å²) in [6.45, 7) is 5.86. The van der Waals surface area contributed by atoms with Crippen molar-refractivity contribution in [3.8, 4) is 5.75 Å². The maximum absolute atomic E-state index is 5.88. The van der Waals surface area contributed by atoms with E-state index in [1.54, 1.807) is 7.11 Å². The third-order valence-electron chi connectivity index (χ3n) is 6.73. The zero-order chi connectivity index (χ0) is 24.4. The lowest BCUT2D eigenvalue weighted by Crippen LogP contribution is -2.29. The molecule has 1 saturated heterocycles. The fraction of sp³-hybridized carbons (Fsp3) is 0.250. The fourth-order valence-electron chi connectivity index (χ4n) is 4.88. The molecule has 0 bridgehead atoms. The highest BCUT2D eigenvalue weighted by Crippen LogP contribution is 2.41. The number of nitrogens with one attached hydrogen (secondary N) is 1. The van der Waals surface area contributed by atoms with E-state index in [9.17, 15) is 0 Å². The smallest absolute Gasteiger partial charge is 0.170 e. The standard InChI is InChI=1S/C28H29N5OS/c1-19-16-24(20(2)32(19)17-22-11-14-29-15-12-22)27-26(25-6-4-5-13-30-25)31-28(35)33(27)18-21-7-9-23(34-3)10-8-21/h4-16,26-27H,17-18H2,1-3H3,(H,31,35)/t26-,27+/m0/s1. The second-order valence-corrected chi connectivity index (χ2v) is 9.26. The Morgan fingerprint density at radius 3 is 2.37 bits per heavy atom. The molecule has 0 aliphatic carbocycles. The summed E-state index contributed by atoms with van der Waals surface area (Å²) >= 11 is 5.88. The number of ether oxygens (including phenoxy) is 1. The number of hydrogen-bond acceptors (Lipinski definition) is 4. The summed E-state index contributed by atoms with van der Waals surface area (Å²) in [5, 5.41) is 4.31. The second kappa shape index (κ2) is 9.88. The van der Waals surface area contributed by atoms with Crippen molar-refractivity contribution in [1.29, 1.82) is 0 Å². The Bertz CT molecular complexity index is 1300. The lowest BCUT2D eigenvalue weighted by Gasteiger charge is -2.28. The normalized spacial score (nSPS) is 17.5. The van der Waals surface area contributed by atoms with E-state index in [1.165, 1.54) is 28.1 Å². The van der Waals surface area contributed by atoms with E-state index in [0.717, 1.165) is 23.1 Å². The maximum Gasteiger partial charge on any atom is 0.170 e. The molecule has 1 aliphatic rings. The first-order chi connectivity index (χ1) is 17.0. The Morgan fingerprint density at radius 2 is 1.69 bits per heavy atom. The Hall–Kier alpha value is -3.71. The van der Waals surface area contributed by atoms with Crippen LogP contribution in [-0.2, 0) is 13.1 Å². The first kappa shape index (κ1) is 23.1. The molecular weight excluding hydrogens is 454 g/mol. The predicted octanol–water partition coefficient (Wildman–Crippen LogP) is 5.12. The predicted molar refractivity (Wildman–Crippen MR) is 141 cm³/mol. The van der Waals surface area contributed by atoms with Crippen LogP contribution < -0.4 is 10.1 Å². The van der Waals surface area contributed by atoms with Crippen molar-refractivity contribution in [3.63, 3.8) is 0 Å². The summed E-state index contributed by atoms with van der Waals surface area (Å²) in [7, 11) is 1.68. The molecule has 4 aromatic rings. The molecule has 1 fully saturated rings. The van der Waals surface area contributed by atoms with Gasteiger partial charge >= 0.3 is 0 Å². The van der Waals surface area contributed by atoms with E-state index < -0.39 is 0 Å². The van der Waals surface area contributed by atoms with Gasteiger partial charge in [0.05, 0.1) is 24.9 Å². The van der Waals surface area contributed by atoms with Crippen LogP contribution in [0.3, 0.4) is 0 Å². The maximum atomic E-state index is 5.88. The van der Waals surface area contributed by atoms with Gasteiger partial charge < -0.3 is 19.5 Å². The van der Waals surface area contributed by atoms with Gasteiger partial charge in [-0.25, -0.2) is 0 Å². The molecule has 0 amide bonds. The van der Waals surface area contributed by atoms with Gasteiger partial charge in [-0.2, -0.15) is 0 Å². The Morgan fingerprint density at radius 1 is 0.943 bits per heavy atom. The number of hydrogen-bond donors (Lipinski definition) is 1. The SMILES string of the molecule is COc1ccc(CN2C(=S)N[C@@H](c3ccccn3)[C@H]2c2cc(C)n(Cc3ccncc3)c2C)cc1. The van der Waals surface area contributed by atoms with Gasteiger partial charge in [-0.15, -0.1) is 0 Å². The molecule has 178 valence electrons. The second-order valence-electron chi connectivity index (χ2n) is 8.87. The molecule has 1 aromatic carbocycles. The zero-order valence-electron chi connectivity index (χ0n) is 20.2. The molecule has 5 rings (SSSR count). The molecule has 0 radical (unpaired) electrons. The van der Waals surface area contributed by atoms with Crippen LogP contribution in [0.1, 0.15) is 45.9 Å². The molecule has 0 unspecified atom stereocenters. The van der Waals surface area contributed by atoms with E-state index >= 15 is 0 Å². The summed E-state index contributed by atoms with van der Waals surface area (Å²) in [5.41, 5.74) is 7.09. The number of aryl methyl sites for hydroxylation is 1. The van der Waals surface area contributed by atoms with Gasteiger partial charge in [0.1, 0.15) is 5.75 Å². The van der Waals surface area contributed by atoms with Crippen LogP contribution in [0.25, 0.3) is 0 Å². The summed E-state index contributed by atoms with van der Waals surface area (Å²) in [4.78, 5) is 11.1. The Kier molecular flexibility index (Phi) is 6.51. The van der Waals surface area contributed by atoms with Crippen LogP contribution in [0, 0.1) is 13.8 Å². The van der Waals surface area contributed by atoms with E-state index in [4.69, 9.17) is 17.0 Å². The minimum Gasteiger partial charge on any atom is -0.497 e. The Labute approximate surface area is 211 Å². The minimum atomic E-state index is -0.0446. The lowest BCUT2D eigenvalue weighted by molar-refractivity contribution is 0.309. The summed E-state index contributed by atoms with van der Waals surface area (Å²) in [6, 6.07) is 20.6. The first-order valence-corrected chi connectivity index (χ1v) is 12.1. The molecule has 0 saturated carbocycles. The average Bonchev–Trinajstić information content (AvgIpc) is 3.36. The molecule has 3 aromatic heterocycles. The number of pyridine rings is 2. The number of rotatable bonds is 7. The highest BCUT2D eigenvalue weighted by Gasteiger charge is 2.41. The summed E-state index contributed by atoms with van der Waals surface area (Å²) < 4.78 is 7.71. The van der Waals surface area contributed by atoms with Crippen LogP contribution in [-0.4, -0.2) is 31.7 Å². The molecule has 4 heterocycles. The quantitative estimate of drug-likeness (QED) is 0.368. The average molecular weight is 484 g/mol. The van der Waals surface area contributed by atoms with Gasteiger partial charge in [-0.3, -0.25) is 9.97 Å². The fourth-order valence-corrected chi connectivity index (χ4v) is 5.19. The number of methoxy groups -OCH3 is 1. The van der Waals surface area contributed by atoms with Gasteiger partial charge in [0.15, 0.2) is 5.11 Å². The third-order valence-corrected chi connectivity index (χ3v) is 7.08. The van der Waals surface area contributed by atoms with E-state index in [0.29, 0.717) is 6.54 Å². The van der Waals surface area contributed by atoms with E-state index in [-0.39, 0.29) is 12.1 Å². The van der Waals surface area contributed by atoms with Crippen molar-refractivity contribution >= 4 is 17.3 Å². The van der Waals surface area contributed by atoms with E-state index in [1.807, 2.05) is 42.9 Å². The van der Waals surface area contributed by atoms with Crippen molar-refractivity contribution in [2.24, 2.45) is 0 Å². The molecule has 2 atom stereocenters. The third kappa shape index (κ3) is 4.64. The summed E-state index contributed by atoms with van der Waals surface area (Å²) in [6.07, 6.45) is 5.53. The van der Waals surface area contributed by atoms with Crippen molar-refractivity contribution in [3.05, 3.63) is 113 Å². The molecule has 7 heteroatoms. The van der Waals surface area contributed by atoms with Crippen molar-refractivity contribution in [2.75, 3.05) is 7.11 Å². The molecule has 35 heavy (non-hydrogen) atoms. The van der Waals surface area contributed by atoms with Gasteiger partial charge in [0.25, 0.3) is 0 Å². The number of aromatic nitrogens is 3. The highest BCUT2D eigenvalue weighted by atomic mass is 32.1. The largest absolute Gasteiger partial charge is 0.497 e. The van der Waals surface area contributed by atoms with Crippen LogP contribution in [0.4, 0.5) is 0 Å². The van der Waals surface area contributed by atoms with Crippen molar-refractivity contribution in [1.82, 2.24) is 24.8 Å². The number of nitrogens with zero attached hydrogens (tertiary/aromatic N) is 4. The molecule has 0 spiro atoms. The Balaban J connectivity index is 1.54. The monoisotopic (exact) mass is 483 g/mol. The van der Waals surface area contributed by atoms with Gasteiger partial charge in [0, 0.05) is 43.1 Å². The molecule has 1 aliphatic heterocycles. The topological polar surface area (TPSA) is 55.2 Å². The molecular formula is C28H29N5OS. The molecule has 1 N–H and O–H groups in total. The van der Waals surface area contributed by atoms with Gasteiger partial charge in [-0.05, 0) is 85.2 Å². The van der Waals surface area contributed by atoms with Gasteiger partial charge in [-0.1, -0.05) is 18.2 Å². The minimum absolute atomic E-state index is 0.0110. The van der Waals surface area contributed by atoms with Crippen molar-refractivity contribution < 1.29 is 4.74 Å². The van der Waals surface area contributed by atoms with Crippen LogP contribution in [0.5, 0.6) is 5.75 Å². The van der Waals surface area contributed by atoms with Crippen molar-refractivity contribution in [2.45, 2.75) is 39.0 Å². The molecule has 6 nitrogen and oxygen atoms in total. The van der Waals surface area contributed by atoms with Crippen LogP contribution >= 0.6 is 12.2 Å².